The molecule has 0 saturated heterocycles. The van der Waals surface area contributed by atoms with Crippen LogP contribution in [0.1, 0.15) is 72.7 Å². The van der Waals surface area contributed by atoms with Gasteiger partial charge in [-0.2, -0.15) is 0 Å². The first-order chi connectivity index (χ1) is 19.1. The third-order valence-corrected chi connectivity index (χ3v) is 9.50. The number of pyridine rings is 1. The number of aromatic nitrogens is 1. The minimum Gasteiger partial charge on any atom is -0.550 e. The summed E-state index contributed by atoms with van der Waals surface area (Å²) in [6.45, 7) is 3.62. The number of halogens is 1. The first kappa shape index (κ1) is 31.8. The van der Waals surface area contributed by atoms with Crippen LogP contribution in [-0.4, -0.2) is 20.8 Å². The minimum atomic E-state index is -0.989. The van der Waals surface area contributed by atoms with E-state index in [1.54, 1.807) is 11.8 Å². The molecule has 7 heteroatoms. The summed E-state index contributed by atoms with van der Waals surface area (Å²) in [5.41, 5.74) is 5.03. The van der Waals surface area contributed by atoms with E-state index in [0.29, 0.717) is 5.02 Å². The average molecular weight is 594 g/mol. The molecule has 0 spiro atoms. The van der Waals surface area contributed by atoms with Crippen molar-refractivity contribution >= 4 is 52.4 Å². The number of hydrogen-bond donors (Lipinski definition) is 1. The number of rotatable bonds is 11. The maximum Gasteiger partial charge on any atom is 1.00 e. The minimum absolute atomic E-state index is 0. The number of hydrogen-bond acceptors (Lipinski definition) is 5. The maximum atomic E-state index is 11.5. The van der Waals surface area contributed by atoms with Gasteiger partial charge in [0.25, 0.3) is 0 Å². The molecule has 3 aromatic carbocycles. The summed E-state index contributed by atoms with van der Waals surface area (Å²) >= 11 is 7.92. The number of carbonyl (C=O) groups excluding carboxylic acids is 1. The molecule has 1 N–H and O–H groups in total. The second-order valence-electron chi connectivity index (χ2n) is 11.2. The van der Waals surface area contributed by atoms with Crippen molar-refractivity contribution in [3.8, 4) is 0 Å². The van der Waals surface area contributed by atoms with Crippen LogP contribution in [0.2, 0.25) is 5.02 Å². The summed E-state index contributed by atoms with van der Waals surface area (Å²) in [5.74, 6) is -0.989. The standard InChI is InChI=1S/C34H34ClNO3S.Na/c1-33(2,39)29-9-4-3-7-24(29)13-17-31(40-34(18-19-34)22-32(37)38)26-8-5-6-23(20-26)10-15-28-16-12-25-11-14-27(35)21-30(25)36-28;/h3-12,14-16,20-21,31,39H,13,17-19,22H2,1-2H3,(H,37,38);/q;+1/p-1/b15-10+;/t31-;/m1./s1. The molecule has 1 aliphatic rings. The molecule has 1 saturated carbocycles. The topological polar surface area (TPSA) is 73.2 Å². The van der Waals surface area contributed by atoms with Crippen molar-refractivity contribution in [2.75, 3.05) is 0 Å². The van der Waals surface area contributed by atoms with Gasteiger partial charge in [-0.25, -0.2) is 4.98 Å². The molecule has 1 aliphatic carbocycles. The average Bonchev–Trinajstić information content (AvgIpc) is 3.67. The Morgan fingerprint density at radius 2 is 1.83 bits per heavy atom. The Bertz CT molecular complexity index is 1560. The third kappa shape index (κ3) is 8.47. The summed E-state index contributed by atoms with van der Waals surface area (Å²) in [6.07, 6.45) is 7.52. The Labute approximate surface area is 273 Å². The van der Waals surface area contributed by atoms with Crippen molar-refractivity contribution in [3.05, 3.63) is 112 Å². The van der Waals surface area contributed by atoms with Crippen LogP contribution in [0.5, 0.6) is 0 Å². The number of carbonyl (C=O) groups is 1. The monoisotopic (exact) mass is 593 g/mol. The second kappa shape index (κ2) is 13.5. The summed E-state index contributed by atoms with van der Waals surface area (Å²) < 4.78 is -0.262. The van der Waals surface area contributed by atoms with Crippen LogP contribution in [-0.2, 0) is 16.8 Å². The zero-order valence-corrected chi connectivity index (χ0v) is 27.3. The Morgan fingerprint density at radius 1 is 1.07 bits per heavy atom. The van der Waals surface area contributed by atoms with Gasteiger partial charge in [0, 0.05) is 32.8 Å². The predicted octanol–water partition coefficient (Wildman–Crippen LogP) is 4.37. The van der Waals surface area contributed by atoms with Gasteiger partial charge in [0.15, 0.2) is 0 Å². The first-order valence-electron chi connectivity index (χ1n) is 13.6. The van der Waals surface area contributed by atoms with Crippen LogP contribution >= 0.6 is 23.4 Å². The SMILES string of the molecule is CC(C)(O)c1ccccc1CC[C@@H](SC1(CC(=O)[O-])CC1)c1cccc(/C=C/c2ccc3ccc(Cl)cc3n2)c1.[Na+]. The molecule has 1 fully saturated rings. The third-order valence-electron chi connectivity index (χ3n) is 7.42. The summed E-state index contributed by atoms with van der Waals surface area (Å²) in [7, 11) is 0. The number of fused-ring (bicyclic) bond motifs is 1. The normalized spacial score (nSPS) is 15.0. The van der Waals surface area contributed by atoms with Crippen LogP contribution in [0.4, 0.5) is 0 Å². The van der Waals surface area contributed by atoms with Crippen molar-refractivity contribution < 1.29 is 44.6 Å². The van der Waals surface area contributed by atoms with Gasteiger partial charge in [-0.3, -0.25) is 0 Å². The predicted molar refractivity (Wildman–Crippen MR) is 164 cm³/mol. The molecule has 0 aliphatic heterocycles. The van der Waals surface area contributed by atoms with E-state index in [0.717, 1.165) is 64.5 Å². The molecule has 206 valence electrons. The number of aryl methyl sites for hydroxylation is 1. The maximum absolute atomic E-state index is 11.5. The molecule has 0 amide bonds. The van der Waals surface area contributed by atoms with Crippen LogP contribution in [0.3, 0.4) is 0 Å². The van der Waals surface area contributed by atoms with E-state index >= 15 is 0 Å². The second-order valence-corrected chi connectivity index (χ2v) is 13.3. The molecule has 4 aromatic rings. The molecule has 0 bridgehead atoms. The molecule has 0 radical (unpaired) electrons. The van der Waals surface area contributed by atoms with Gasteiger partial charge < -0.3 is 15.0 Å². The van der Waals surface area contributed by atoms with E-state index < -0.39 is 11.6 Å². The Kier molecular flexibility index (Phi) is 10.4. The number of carboxylic acids is 1. The van der Waals surface area contributed by atoms with Gasteiger partial charge in [-0.05, 0) is 86.1 Å². The van der Waals surface area contributed by atoms with Gasteiger partial charge in [0.2, 0.25) is 0 Å². The molecule has 4 nitrogen and oxygen atoms in total. The molecule has 1 atom stereocenters. The van der Waals surface area contributed by atoms with Gasteiger partial charge >= 0.3 is 29.6 Å². The summed E-state index contributed by atoms with van der Waals surface area (Å²) in [6, 6.07) is 26.2. The number of nitrogens with zero attached hydrogens (tertiary/aromatic N) is 1. The molecule has 1 aromatic heterocycles. The van der Waals surface area contributed by atoms with Crippen LogP contribution in [0, 0.1) is 0 Å². The number of aliphatic hydroxyl groups is 1. The van der Waals surface area contributed by atoms with E-state index in [-0.39, 0.29) is 46.0 Å². The number of benzene rings is 3. The van der Waals surface area contributed by atoms with Crippen molar-refractivity contribution in [1.82, 2.24) is 4.98 Å². The first-order valence-corrected chi connectivity index (χ1v) is 14.9. The van der Waals surface area contributed by atoms with Gasteiger partial charge in [0.1, 0.15) is 0 Å². The van der Waals surface area contributed by atoms with Crippen LogP contribution in [0.15, 0.2) is 78.9 Å². The molecule has 41 heavy (non-hydrogen) atoms. The Hall–Kier alpha value is -2.12. The van der Waals surface area contributed by atoms with E-state index in [2.05, 4.69) is 36.4 Å². The zero-order valence-electron chi connectivity index (χ0n) is 23.8. The Balaban J connectivity index is 0.00000387. The van der Waals surface area contributed by atoms with Gasteiger partial charge in [-0.15, -0.1) is 11.8 Å². The number of aliphatic carboxylic acids is 1. The summed E-state index contributed by atoms with van der Waals surface area (Å²) in [4.78, 5) is 16.2. The molecular formula is C34H33ClNNaO3S. The molecule has 1 heterocycles. The Morgan fingerprint density at radius 3 is 2.56 bits per heavy atom. The molecule has 0 unspecified atom stereocenters. The van der Waals surface area contributed by atoms with Crippen molar-refractivity contribution in [3.63, 3.8) is 0 Å². The summed E-state index contributed by atoms with van der Waals surface area (Å²) in [5, 5.41) is 24.0. The molecular weight excluding hydrogens is 561 g/mol. The molecule has 5 rings (SSSR count). The van der Waals surface area contributed by atoms with E-state index in [9.17, 15) is 15.0 Å². The number of thioether (sulfide) groups is 1. The van der Waals surface area contributed by atoms with Gasteiger partial charge in [0.05, 0.1) is 16.8 Å². The fourth-order valence-corrected chi connectivity index (χ4v) is 7.03. The van der Waals surface area contributed by atoms with Crippen molar-refractivity contribution in [2.45, 2.75) is 61.5 Å². The van der Waals surface area contributed by atoms with E-state index in [4.69, 9.17) is 16.6 Å². The quantitative estimate of drug-likeness (QED) is 0.262. The van der Waals surface area contributed by atoms with E-state index in [1.807, 2.05) is 68.5 Å². The van der Waals surface area contributed by atoms with Crippen molar-refractivity contribution in [2.24, 2.45) is 0 Å². The van der Waals surface area contributed by atoms with E-state index in [1.165, 1.54) is 0 Å². The fourth-order valence-electron chi connectivity index (χ4n) is 5.20. The van der Waals surface area contributed by atoms with Crippen molar-refractivity contribution in [1.29, 1.82) is 0 Å². The number of carboxylic acid groups (broad SMARTS) is 1. The zero-order chi connectivity index (χ0) is 28.3. The fraction of sp³-hybridized carbons (Fsp3) is 0.294. The van der Waals surface area contributed by atoms with Crippen LogP contribution in [0.25, 0.3) is 23.1 Å². The van der Waals surface area contributed by atoms with Crippen LogP contribution < -0.4 is 34.7 Å². The largest absolute Gasteiger partial charge is 1.00 e. The van der Waals surface area contributed by atoms with Gasteiger partial charge in [-0.1, -0.05) is 78.3 Å². The smallest absolute Gasteiger partial charge is 0.550 e.